The molecule has 0 aliphatic carbocycles. The normalized spacial score (nSPS) is 20.4. The van der Waals surface area contributed by atoms with Gasteiger partial charge in [-0.15, -0.1) is 0 Å². The van der Waals surface area contributed by atoms with Gasteiger partial charge in [0.2, 0.25) is 5.91 Å². The largest absolute Gasteiger partial charge is 0.480 e. The maximum absolute atomic E-state index is 12.7. The summed E-state index contributed by atoms with van der Waals surface area (Å²) in [5.41, 5.74) is 1.77. The Kier molecular flexibility index (Phi) is 4.37. The highest BCUT2D eigenvalue weighted by atomic mass is 16.4. The van der Waals surface area contributed by atoms with Gasteiger partial charge in [0.05, 0.1) is 12.5 Å². The van der Waals surface area contributed by atoms with Gasteiger partial charge in [0.25, 0.3) is 0 Å². The third-order valence-electron chi connectivity index (χ3n) is 4.22. The second kappa shape index (κ2) is 6.60. The molecule has 0 saturated carbocycles. The number of rotatable bonds is 4. The topological polar surface area (TPSA) is 70.5 Å². The molecule has 1 N–H and O–H groups in total. The van der Waals surface area contributed by atoms with Crippen LogP contribution in [0.15, 0.2) is 54.9 Å². The van der Waals surface area contributed by atoms with E-state index in [2.05, 4.69) is 4.98 Å². The molecule has 1 unspecified atom stereocenters. The number of nitrogens with zero attached hydrogens (tertiary/aromatic N) is 2. The van der Waals surface area contributed by atoms with Crippen molar-refractivity contribution < 1.29 is 14.7 Å². The summed E-state index contributed by atoms with van der Waals surface area (Å²) in [6, 6.07) is 12.3. The molecule has 0 spiro atoms. The molecule has 1 aliphatic heterocycles. The molecule has 1 aromatic heterocycles. The van der Waals surface area contributed by atoms with Gasteiger partial charge >= 0.3 is 5.97 Å². The fourth-order valence-electron chi connectivity index (χ4n) is 3.17. The molecule has 2 atom stereocenters. The Balaban J connectivity index is 1.86. The Bertz CT molecular complexity index is 688. The Morgan fingerprint density at radius 3 is 2.57 bits per heavy atom. The molecule has 1 aliphatic rings. The quantitative estimate of drug-likeness (QED) is 0.941. The summed E-state index contributed by atoms with van der Waals surface area (Å²) in [7, 11) is 0. The molecule has 5 nitrogen and oxygen atoms in total. The van der Waals surface area contributed by atoms with E-state index in [1.165, 1.54) is 4.90 Å². The highest BCUT2D eigenvalue weighted by Crippen LogP contribution is 2.36. The zero-order valence-corrected chi connectivity index (χ0v) is 12.6. The third-order valence-corrected chi connectivity index (χ3v) is 4.22. The summed E-state index contributed by atoms with van der Waals surface area (Å²) in [4.78, 5) is 29.8. The molecule has 0 bridgehead atoms. The maximum atomic E-state index is 12.7. The van der Waals surface area contributed by atoms with Crippen LogP contribution in [0.25, 0.3) is 0 Å². The number of likely N-dealkylation sites (tertiary alicyclic amines) is 1. The van der Waals surface area contributed by atoms with Crippen molar-refractivity contribution in [2.24, 2.45) is 0 Å². The average molecular weight is 310 g/mol. The maximum Gasteiger partial charge on any atom is 0.326 e. The Morgan fingerprint density at radius 1 is 1.13 bits per heavy atom. The molecule has 1 aromatic carbocycles. The summed E-state index contributed by atoms with van der Waals surface area (Å²) >= 11 is 0. The lowest BCUT2D eigenvalue weighted by molar-refractivity contribution is -0.149. The third kappa shape index (κ3) is 3.23. The van der Waals surface area contributed by atoms with Gasteiger partial charge in [-0.25, -0.2) is 4.79 Å². The van der Waals surface area contributed by atoms with Crippen LogP contribution in [-0.2, 0) is 16.0 Å². The number of carboxylic acids is 1. The lowest BCUT2D eigenvalue weighted by Gasteiger charge is -2.28. The monoisotopic (exact) mass is 310 g/mol. The van der Waals surface area contributed by atoms with E-state index in [0.717, 1.165) is 11.1 Å². The Labute approximate surface area is 134 Å². The molecule has 2 aromatic rings. The molecule has 118 valence electrons. The van der Waals surface area contributed by atoms with Crippen molar-refractivity contribution in [3.8, 4) is 0 Å². The first kappa shape index (κ1) is 15.2. The van der Waals surface area contributed by atoms with E-state index in [1.807, 2.05) is 36.4 Å². The molecule has 1 amide bonds. The van der Waals surface area contributed by atoms with E-state index in [0.29, 0.717) is 12.8 Å². The minimum Gasteiger partial charge on any atom is -0.480 e. The number of hydrogen-bond acceptors (Lipinski definition) is 3. The summed E-state index contributed by atoms with van der Waals surface area (Å²) in [5.74, 6) is -1.11. The van der Waals surface area contributed by atoms with Crippen molar-refractivity contribution in [1.29, 1.82) is 0 Å². The number of benzene rings is 1. The first-order chi connectivity index (χ1) is 11.2. The predicted octanol–water partition coefficient (Wildman–Crippen LogP) is 2.44. The van der Waals surface area contributed by atoms with Gasteiger partial charge in [0, 0.05) is 12.4 Å². The fourth-order valence-corrected chi connectivity index (χ4v) is 3.17. The molecular weight excluding hydrogens is 292 g/mol. The number of pyridine rings is 1. The zero-order valence-electron chi connectivity index (χ0n) is 12.6. The van der Waals surface area contributed by atoms with Crippen molar-refractivity contribution in [3.63, 3.8) is 0 Å². The molecule has 1 saturated heterocycles. The Morgan fingerprint density at radius 2 is 1.91 bits per heavy atom. The second-order valence-corrected chi connectivity index (χ2v) is 5.70. The van der Waals surface area contributed by atoms with Crippen LogP contribution >= 0.6 is 0 Å². The highest BCUT2D eigenvalue weighted by Gasteiger charge is 2.41. The van der Waals surface area contributed by atoms with Crippen LogP contribution in [0.1, 0.15) is 30.0 Å². The number of aliphatic carboxylic acids is 1. The predicted molar refractivity (Wildman–Crippen MR) is 84.6 cm³/mol. The number of carbonyl (C=O) groups excluding carboxylic acids is 1. The van der Waals surface area contributed by atoms with E-state index < -0.39 is 12.0 Å². The Hall–Kier alpha value is -2.69. The molecule has 5 heteroatoms. The van der Waals surface area contributed by atoms with Crippen molar-refractivity contribution in [2.75, 3.05) is 0 Å². The number of carbonyl (C=O) groups is 2. The van der Waals surface area contributed by atoms with Crippen molar-refractivity contribution in [1.82, 2.24) is 9.88 Å². The van der Waals surface area contributed by atoms with Gasteiger partial charge in [0.1, 0.15) is 6.04 Å². The molecule has 23 heavy (non-hydrogen) atoms. The number of carboxylic acid groups (broad SMARTS) is 1. The van der Waals surface area contributed by atoms with Crippen molar-refractivity contribution in [3.05, 3.63) is 66.0 Å². The van der Waals surface area contributed by atoms with Crippen LogP contribution in [0.5, 0.6) is 0 Å². The van der Waals surface area contributed by atoms with E-state index in [9.17, 15) is 14.7 Å². The van der Waals surface area contributed by atoms with E-state index in [-0.39, 0.29) is 18.4 Å². The first-order valence-electron chi connectivity index (χ1n) is 7.64. The summed E-state index contributed by atoms with van der Waals surface area (Å²) in [6.07, 6.45) is 4.60. The van der Waals surface area contributed by atoms with Crippen LogP contribution in [-0.4, -0.2) is 32.9 Å². The molecule has 1 fully saturated rings. The zero-order chi connectivity index (χ0) is 16.2. The standard InChI is InChI=1S/C18H18N2O3/c21-17(11-13-5-4-10-19-12-13)20-15(8-9-16(20)18(22)23)14-6-2-1-3-7-14/h1-7,10,12,15-16H,8-9,11H2,(H,22,23)/t15-,16?/m0/s1. The lowest BCUT2D eigenvalue weighted by atomic mass is 10.0. The first-order valence-corrected chi connectivity index (χ1v) is 7.64. The minimum atomic E-state index is -0.942. The van der Waals surface area contributed by atoms with Crippen LogP contribution in [0.4, 0.5) is 0 Å². The SMILES string of the molecule is O=C(O)C1CC[C@@H](c2ccccc2)N1C(=O)Cc1cccnc1. The van der Waals surface area contributed by atoms with Gasteiger partial charge in [-0.1, -0.05) is 36.4 Å². The fraction of sp³-hybridized carbons (Fsp3) is 0.278. The van der Waals surface area contributed by atoms with E-state index in [4.69, 9.17) is 0 Å². The van der Waals surface area contributed by atoms with Gasteiger partial charge in [-0.3, -0.25) is 9.78 Å². The van der Waals surface area contributed by atoms with E-state index in [1.54, 1.807) is 18.5 Å². The molecule has 0 radical (unpaired) electrons. The second-order valence-electron chi connectivity index (χ2n) is 5.70. The summed E-state index contributed by atoms with van der Waals surface area (Å²) in [5, 5.41) is 9.46. The molecular formula is C18H18N2O3. The van der Waals surface area contributed by atoms with Gasteiger partial charge in [-0.2, -0.15) is 0 Å². The smallest absolute Gasteiger partial charge is 0.326 e. The molecule has 3 rings (SSSR count). The number of hydrogen-bond donors (Lipinski definition) is 1. The van der Waals surface area contributed by atoms with Gasteiger partial charge in [-0.05, 0) is 30.0 Å². The van der Waals surface area contributed by atoms with Gasteiger partial charge < -0.3 is 10.0 Å². The van der Waals surface area contributed by atoms with E-state index >= 15 is 0 Å². The summed E-state index contributed by atoms with van der Waals surface area (Å²) < 4.78 is 0. The summed E-state index contributed by atoms with van der Waals surface area (Å²) in [6.45, 7) is 0. The molecule has 2 heterocycles. The lowest BCUT2D eigenvalue weighted by Crippen LogP contribution is -2.42. The van der Waals surface area contributed by atoms with Gasteiger partial charge in [0.15, 0.2) is 0 Å². The average Bonchev–Trinajstić information content (AvgIpc) is 3.02. The number of aromatic nitrogens is 1. The highest BCUT2D eigenvalue weighted by molar-refractivity contribution is 5.86. The van der Waals surface area contributed by atoms with Crippen LogP contribution in [0.3, 0.4) is 0 Å². The van der Waals surface area contributed by atoms with Crippen LogP contribution in [0, 0.1) is 0 Å². The number of amides is 1. The van der Waals surface area contributed by atoms with Crippen LogP contribution in [0.2, 0.25) is 0 Å². The van der Waals surface area contributed by atoms with Crippen LogP contribution < -0.4 is 0 Å². The minimum absolute atomic E-state index is 0.168. The van der Waals surface area contributed by atoms with Crippen molar-refractivity contribution >= 4 is 11.9 Å². The van der Waals surface area contributed by atoms with Crippen molar-refractivity contribution in [2.45, 2.75) is 31.3 Å².